The van der Waals surface area contributed by atoms with E-state index in [1.165, 1.54) is 4.88 Å². The smallest absolute Gasteiger partial charge is 0.0656 e. The second-order valence-electron chi connectivity index (χ2n) is 3.01. The molecule has 1 aromatic rings. The maximum absolute atomic E-state index is 5.34. The van der Waals surface area contributed by atoms with Crippen molar-refractivity contribution in [3.05, 3.63) is 28.5 Å². The molecule has 2 heterocycles. The predicted octanol–water partition coefficient (Wildman–Crippen LogP) is 1.75. The van der Waals surface area contributed by atoms with Crippen molar-refractivity contribution < 1.29 is 4.74 Å². The fraction of sp³-hybridized carbons (Fsp3) is 0.400. The lowest BCUT2D eigenvalue weighted by Crippen LogP contribution is -2.39. The summed E-state index contributed by atoms with van der Waals surface area (Å²) < 4.78 is 5.34. The lowest BCUT2D eigenvalue weighted by atomic mass is 10.2. The van der Waals surface area contributed by atoms with Crippen LogP contribution in [0.1, 0.15) is 4.88 Å². The Bertz CT molecular complexity index is 262. The molecule has 0 saturated carbocycles. The second kappa shape index (κ2) is 4.56. The minimum Gasteiger partial charge on any atom is -0.378 e. The maximum Gasteiger partial charge on any atom is 0.0656 e. The lowest BCUT2D eigenvalue weighted by Gasteiger charge is -2.20. The fourth-order valence-corrected chi connectivity index (χ4v) is 1.93. The van der Waals surface area contributed by atoms with Crippen LogP contribution in [-0.4, -0.2) is 25.8 Å². The predicted molar refractivity (Wildman–Crippen MR) is 56.0 cm³/mol. The standard InChI is InChI=1S/C10H13NOS/c1-2-10(13-7-1)4-3-9-8-12-6-5-11-9/h1-4,7,9,11H,5-6,8H2/b4-3+. The summed E-state index contributed by atoms with van der Waals surface area (Å²) in [5, 5.41) is 5.46. The first-order valence-corrected chi connectivity index (χ1v) is 5.36. The summed E-state index contributed by atoms with van der Waals surface area (Å²) in [5.41, 5.74) is 0. The highest BCUT2D eigenvalue weighted by molar-refractivity contribution is 7.10. The zero-order chi connectivity index (χ0) is 8.93. The van der Waals surface area contributed by atoms with E-state index in [0.717, 1.165) is 19.8 Å². The molecule has 0 aromatic carbocycles. The lowest BCUT2D eigenvalue weighted by molar-refractivity contribution is 0.0903. The minimum absolute atomic E-state index is 0.385. The van der Waals surface area contributed by atoms with E-state index in [2.05, 4.69) is 35.0 Å². The Hall–Kier alpha value is -0.640. The summed E-state index contributed by atoms with van der Waals surface area (Å²) in [7, 11) is 0. The van der Waals surface area contributed by atoms with Gasteiger partial charge in [-0.05, 0) is 17.5 Å². The van der Waals surface area contributed by atoms with Gasteiger partial charge in [0.2, 0.25) is 0 Å². The van der Waals surface area contributed by atoms with Gasteiger partial charge in [-0.25, -0.2) is 0 Å². The monoisotopic (exact) mass is 195 g/mol. The molecule has 1 saturated heterocycles. The molecule has 13 heavy (non-hydrogen) atoms. The first-order valence-electron chi connectivity index (χ1n) is 4.48. The summed E-state index contributed by atoms with van der Waals surface area (Å²) in [4.78, 5) is 1.30. The average molecular weight is 195 g/mol. The van der Waals surface area contributed by atoms with Crippen molar-refractivity contribution in [3.8, 4) is 0 Å². The van der Waals surface area contributed by atoms with Crippen LogP contribution in [0.5, 0.6) is 0 Å². The van der Waals surface area contributed by atoms with Crippen LogP contribution in [-0.2, 0) is 4.74 Å². The molecule has 1 atom stereocenters. The fourth-order valence-electron chi connectivity index (χ4n) is 1.31. The molecular weight excluding hydrogens is 182 g/mol. The molecule has 2 nitrogen and oxygen atoms in total. The van der Waals surface area contributed by atoms with Gasteiger partial charge in [0, 0.05) is 17.5 Å². The zero-order valence-corrected chi connectivity index (χ0v) is 8.22. The first kappa shape index (κ1) is 8.94. The quantitative estimate of drug-likeness (QED) is 0.776. The van der Waals surface area contributed by atoms with E-state index < -0.39 is 0 Å². The largest absolute Gasteiger partial charge is 0.378 e. The maximum atomic E-state index is 5.34. The number of thiophene rings is 1. The summed E-state index contributed by atoms with van der Waals surface area (Å²) in [5.74, 6) is 0. The van der Waals surface area contributed by atoms with Crippen molar-refractivity contribution in [1.82, 2.24) is 5.32 Å². The number of morpholine rings is 1. The van der Waals surface area contributed by atoms with E-state index in [9.17, 15) is 0 Å². The Balaban J connectivity index is 1.89. The van der Waals surface area contributed by atoms with Gasteiger partial charge >= 0.3 is 0 Å². The van der Waals surface area contributed by atoms with Gasteiger partial charge in [-0.2, -0.15) is 0 Å². The van der Waals surface area contributed by atoms with Gasteiger partial charge in [-0.1, -0.05) is 12.1 Å². The Morgan fingerprint density at radius 2 is 2.62 bits per heavy atom. The number of nitrogens with one attached hydrogen (secondary N) is 1. The van der Waals surface area contributed by atoms with Gasteiger partial charge in [-0.3, -0.25) is 0 Å². The van der Waals surface area contributed by atoms with Crippen molar-refractivity contribution in [1.29, 1.82) is 0 Å². The number of hydrogen-bond donors (Lipinski definition) is 1. The molecule has 3 heteroatoms. The van der Waals surface area contributed by atoms with Gasteiger partial charge in [0.25, 0.3) is 0 Å². The van der Waals surface area contributed by atoms with E-state index in [0.29, 0.717) is 6.04 Å². The third-order valence-electron chi connectivity index (χ3n) is 1.99. The van der Waals surface area contributed by atoms with Crippen LogP contribution in [0.3, 0.4) is 0 Å². The number of ether oxygens (including phenoxy) is 1. The molecule has 1 aliphatic rings. The van der Waals surface area contributed by atoms with Crippen LogP contribution in [0.4, 0.5) is 0 Å². The minimum atomic E-state index is 0.385. The van der Waals surface area contributed by atoms with Gasteiger partial charge in [0.15, 0.2) is 0 Å². The van der Waals surface area contributed by atoms with E-state index in [4.69, 9.17) is 4.74 Å². The van der Waals surface area contributed by atoms with E-state index >= 15 is 0 Å². The summed E-state index contributed by atoms with van der Waals surface area (Å²) in [6.07, 6.45) is 4.32. The summed E-state index contributed by atoms with van der Waals surface area (Å²) in [6, 6.07) is 4.57. The molecule has 0 amide bonds. The first-order chi connectivity index (χ1) is 6.45. The SMILES string of the molecule is C(=C\C1COCCN1)/c1cccs1. The van der Waals surface area contributed by atoms with Crippen LogP contribution in [0.25, 0.3) is 6.08 Å². The van der Waals surface area contributed by atoms with Crippen molar-refractivity contribution in [2.45, 2.75) is 6.04 Å². The summed E-state index contributed by atoms with van der Waals surface area (Å²) in [6.45, 7) is 2.59. The molecule has 1 unspecified atom stereocenters. The Labute approximate surface area is 82.2 Å². The Morgan fingerprint density at radius 3 is 3.31 bits per heavy atom. The molecule has 2 rings (SSSR count). The topological polar surface area (TPSA) is 21.3 Å². The highest BCUT2D eigenvalue weighted by atomic mass is 32.1. The van der Waals surface area contributed by atoms with Crippen LogP contribution < -0.4 is 5.32 Å². The van der Waals surface area contributed by atoms with Gasteiger partial charge in [-0.15, -0.1) is 11.3 Å². The zero-order valence-electron chi connectivity index (χ0n) is 7.40. The van der Waals surface area contributed by atoms with E-state index in [-0.39, 0.29) is 0 Å². The van der Waals surface area contributed by atoms with Crippen molar-refractivity contribution in [2.75, 3.05) is 19.8 Å². The van der Waals surface area contributed by atoms with Crippen LogP contribution in [0.2, 0.25) is 0 Å². The van der Waals surface area contributed by atoms with Gasteiger partial charge < -0.3 is 10.1 Å². The van der Waals surface area contributed by atoms with E-state index in [1.807, 2.05) is 0 Å². The molecule has 0 bridgehead atoms. The molecule has 1 N–H and O–H groups in total. The van der Waals surface area contributed by atoms with Crippen LogP contribution >= 0.6 is 11.3 Å². The van der Waals surface area contributed by atoms with Gasteiger partial charge in [0.1, 0.15) is 0 Å². The second-order valence-corrected chi connectivity index (χ2v) is 3.99. The van der Waals surface area contributed by atoms with Crippen LogP contribution in [0, 0.1) is 0 Å². The third kappa shape index (κ3) is 2.66. The molecule has 0 aliphatic carbocycles. The third-order valence-corrected chi connectivity index (χ3v) is 2.82. The Morgan fingerprint density at radius 1 is 1.62 bits per heavy atom. The molecular formula is C10H13NOS. The molecule has 1 fully saturated rings. The highest BCUT2D eigenvalue weighted by Gasteiger charge is 2.08. The van der Waals surface area contributed by atoms with Crippen LogP contribution in [0.15, 0.2) is 23.6 Å². The number of hydrogen-bond acceptors (Lipinski definition) is 3. The number of rotatable bonds is 2. The Kier molecular flexibility index (Phi) is 3.13. The molecule has 0 radical (unpaired) electrons. The summed E-state index contributed by atoms with van der Waals surface area (Å²) >= 11 is 1.76. The molecule has 70 valence electrons. The normalized spacial score (nSPS) is 23.8. The van der Waals surface area contributed by atoms with Crippen molar-refractivity contribution in [2.24, 2.45) is 0 Å². The van der Waals surface area contributed by atoms with E-state index in [1.54, 1.807) is 11.3 Å². The average Bonchev–Trinajstić information content (AvgIpc) is 2.69. The van der Waals surface area contributed by atoms with Crippen molar-refractivity contribution >= 4 is 17.4 Å². The molecule has 1 aliphatic heterocycles. The van der Waals surface area contributed by atoms with Crippen molar-refractivity contribution in [3.63, 3.8) is 0 Å². The molecule has 0 spiro atoms. The molecule has 1 aromatic heterocycles. The van der Waals surface area contributed by atoms with Gasteiger partial charge in [0.05, 0.1) is 13.2 Å². The highest BCUT2D eigenvalue weighted by Crippen LogP contribution is 2.11.